The summed E-state index contributed by atoms with van der Waals surface area (Å²) in [7, 11) is 0. The fraction of sp³-hybridized carbons (Fsp3) is 0.421. The number of ether oxygens (including phenoxy) is 4. The first-order valence-electron chi connectivity index (χ1n) is 37.4. The molecule has 0 amide bonds. The zero-order chi connectivity index (χ0) is 78.7. The molecule has 0 fully saturated rings. The van der Waals surface area contributed by atoms with Crippen molar-refractivity contribution in [1.29, 1.82) is 0 Å². The molecule has 28 nitrogen and oxygen atoms in total. The highest BCUT2D eigenvalue weighted by molar-refractivity contribution is 14.1. The van der Waals surface area contributed by atoms with Gasteiger partial charge in [-0.3, -0.25) is 0 Å². The summed E-state index contributed by atoms with van der Waals surface area (Å²) in [5.41, 5.74) is 35.1. The Hall–Kier alpha value is -6.36. The van der Waals surface area contributed by atoms with Gasteiger partial charge in [0.05, 0.1) is 26.4 Å². The number of nitrogens with zero attached hydrogens (tertiary/aromatic N) is 16. The standard InChI is InChI=1S/4C19H23IN6OS/c4*1-11(2)22-5-3-6-26-18-16(17(21)23-10-24-18)25-19(26)28-15-8-12-4-7-27-14(12)9-13(15)20/h4*8-11,22H,3-7H2,1-2H3,(H2,21,23,24)/i20+4,22-1;20+4;20-3;20-4. The number of nitrogens with two attached hydrogens (primary N) is 4. The summed E-state index contributed by atoms with van der Waals surface area (Å²) in [6.45, 7) is 27.3. The Morgan fingerprint density at radius 3 is 1.08 bits per heavy atom. The largest absolute Gasteiger partial charge is 0.493 e. The van der Waals surface area contributed by atoms with Gasteiger partial charge in [0.1, 0.15) is 48.3 Å². The molecule has 12 aromatic rings. The number of imidazole rings is 4. The molecule has 0 atom stereocenters. The molecule has 4 aromatic carbocycles. The minimum atomic E-state index is 0.419. The molecule has 16 rings (SSSR count). The van der Waals surface area contributed by atoms with E-state index in [4.69, 9.17) is 61.8 Å². The molecule has 0 aliphatic carbocycles. The van der Waals surface area contributed by atoms with Gasteiger partial charge < -0.3 is 81.4 Å². The Morgan fingerprint density at radius 1 is 0.429 bits per heavy atom. The Morgan fingerprint density at radius 2 is 0.732 bits per heavy atom. The molecule has 0 unspecified atom stereocenters. The number of hydrogen-bond acceptors (Lipinski definition) is 28. The van der Waals surface area contributed by atoms with Crippen molar-refractivity contribution in [3.8, 4) is 23.0 Å². The summed E-state index contributed by atoms with van der Waals surface area (Å²) in [4.78, 5) is 58.0. The van der Waals surface area contributed by atoms with E-state index < -0.39 is 0 Å². The normalized spacial score (nSPS) is 13.3. The first-order valence-corrected chi connectivity index (χ1v) is 45.0. The van der Waals surface area contributed by atoms with Crippen LogP contribution >= 0.6 is 137 Å². The molecular formula is C76H92I4N24O4S4. The molecule has 4 aliphatic rings. The smallest absolute Gasteiger partial charge is 0.175 e. The molecule has 0 radical (unpaired) electrons. The lowest BCUT2D eigenvalue weighted by molar-refractivity contribution is 0.356. The lowest BCUT2D eigenvalue weighted by atomic mass is 10.2. The van der Waals surface area contributed by atoms with E-state index in [9.17, 15) is 0 Å². The van der Waals surface area contributed by atoms with Crippen LogP contribution in [0.5, 0.6) is 23.0 Å². The van der Waals surface area contributed by atoms with Gasteiger partial charge in [-0.05, 0) is 213 Å². The SMILES string of the molecule is CC(C)NCCCn1c(Sc2cc3c(cc2[123I])OCC3)nc2c(N)ncnc21.CC(C)NCCCn1c(Sc2cc3c(cc2[124I])OCC3)nc2c(N)ncnc21.CC(C)NCCCn1c(Sc2cc3c(cc2[131I])OCC3)nc2c(N)ncnc21.CC(C)[13NH]CCCn1c(Sc2cc3c(cc2[131I])OCC3)nc2c(N)ncnc21. The third-order valence-electron chi connectivity index (χ3n) is 18.3. The van der Waals surface area contributed by atoms with Crippen LogP contribution in [0, 0.1) is 14.3 Å². The second-order valence-electron chi connectivity index (χ2n) is 28.1. The molecule has 12 N–H and O–H groups in total. The molecule has 592 valence electrons. The zero-order valence-electron chi connectivity index (χ0n) is 63.6. The molecule has 0 saturated heterocycles. The highest BCUT2D eigenvalue weighted by Crippen LogP contribution is 2.44. The molecule has 112 heavy (non-hydrogen) atoms. The fourth-order valence-electron chi connectivity index (χ4n) is 12.8. The Bertz CT molecular complexity index is 4670. The summed E-state index contributed by atoms with van der Waals surface area (Å²) >= 11 is 16.0. The maximum absolute atomic E-state index is 6.06. The minimum Gasteiger partial charge on any atom is -0.493 e. The van der Waals surface area contributed by atoms with Crippen LogP contribution in [0.15, 0.2) is 114 Å². The number of fused-ring (bicyclic) bond motifs is 8. The molecule has 12 heterocycles. The summed E-state index contributed by atoms with van der Waals surface area (Å²) < 4.78 is 36.0. The van der Waals surface area contributed by atoms with Crippen LogP contribution in [-0.2, 0) is 51.9 Å². The van der Waals surface area contributed by atoms with Gasteiger partial charge in [0.15, 0.2) is 88.6 Å². The number of aromatic nitrogens is 16. The molecule has 0 spiro atoms. The molecule has 0 saturated carbocycles. The second-order valence-corrected chi connectivity index (χ2v) is 36.8. The van der Waals surface area contributed by atoms with Gasteiger partial charge in [0, 0.05) is 110 Å². The molecular weight excluding hydrogens is 1950 g/mol. The zero-order valence-corrected chi connectivity index (χ0v) is 75.5. The Kier molecular flexibility index (Phi) is 29.1. The average Bonchev–Trinajstić information content (AvgIpc) is 1.63. The first-order chi connectivity index (χ1) is 54.1. The number of nitrogens with one attached hydrogen (secondary N) is 4. The second kappa shape index (κ2) is 39.1. The predicted molar refractivity (Wildman–Crippen MR) is 480 cm³/mol. The summed E-state index contributed by atoms with van der Waals surface area (Å²) in [5.74, 6) is 5.67. The van der Waals surface area contributed by atoms with Crippen LogP contribution in [0.1, 0.15) is 103 Å². The van der Waals surface area contributed by atoms with Crippen LogP contribution in [0.25, 0.3) is 44.7 Å². The molecule has 8 aromatic heterocycles. The Labute approximate surface area is 722 Å². The van der Waals surface area contributed by atoms with Gasteiger partial charge >= 0.3 is 0 Å². The third-order valence-corrected chi connectivity index (χ3v) is 27.6. The van der Waals surface area contributed by atoms with E-state index >= 15 is 0 Å². The van der Waals surface area contributed by atoms with Gasteiger partial charge in [0.25, 0.3) is 0 Å². The van der Waals surface area contributed by atoms with Crippen LogP contribution < -0.4 is 63.1 Å². The summed E-state index contributed by atoms with van der Waals surface area (Å²) in [5, 5.41) is 17.4. The number of aryl methyl sites for hydroxylation is 4. The minimum absolute atomic E-state index is 0.419. The maximum atomic E-state index is 6.06. The highest BCUT2D eigenvalue weighted by atomic mass is 131. The molecule has 0 bridgehead atoms. The van der Waals surface area contributed by atoms with Gasteiger partial charge in [-0.25, -0.2) is 59.8 Å². The van der Waals surface area contributed by atoms with Crippen molar-refractivity contribution < 1.29 is 18.9 Å². The highest BCUT2D eigenvalue weighted by Gasteiger charge is 2.26. The van der Waals surface area contributed by atoms with Gasteiger partial charge in [-0.1, -0.05) is 102 Å². The number of rotatable bonds is 28. The maximum Gasteiger partial charge on any atom is 0.175 e. The number of halogens is 4. The van der Waals surface area contributed by atoms with Crippen molar-refractivity contribution in [2.75, 3.05) is 75.5 Å². The van der Waals surface area contributed by atoms with Crippen LogP contribution in [0.4, 0.5) is 23.3 Å². The number of benzene rings is 4. The summed E-state index contributed by atoms with van der Waals surface area (Å²) in [6, 6.07) is 19.2. The van der Waals surface area contributed by atoms with Crippen molar-refractivity contribution in [3.63, 3.8) is 0 Å². The van der Waals surface area contributed by atoms with Crippen molar-refractivity contribution in [1.82, 2.24) is 99.3 Å². The van der Waals surface area contributed by atoms with E-state index in [1.165, 1.54) is 67.1 Å². The van der Waals surface area contributed by atoms with Crippen molar-refractivity contribution in [3.05, 3.63) is 110 Å². The lowest BCUT2D eigenvalue weighted by Gasteiger charge is -2.11. The van der Waals surface area contributed by atoms with Crippen LogP contribution in [0.2, 0.25) is 0 Å². The predicted octanol–water partition coefficient (Wildman–Crippen LogP) is 13.9. The van der Waals surface area contributed by atoms with E-state index in [-0.39, 0.29) is 0 Å². The van der Waals surface area contributed by atoms with E-state index in [1.807, 2.05) is 0 Å². The fourth-order valence-corrected chi connectivity index (χ4v) is 19.8. The van der Waals surface area contributed by atoms with E-state index in [1.54, 1.807) is 47.0 Å². The van der Waals surface area contributed by atoms with Crippen molar-refractivity contribution in [2.45, 2.75) is 197 Å². The number of nitrogen functional groups attached to an aromatic ring is 4. The quantitative estimate of drug-likeness (QED) is 0.0167. The number of hydrogen-bond donors (Lipinski definition) is 8. The van der Waals surface area contributed by atoms with Crippen molar-refractivity contribution >= 4 is 205 Å². The van der Waals surface area contributed by atoms with Gasteiger partial charge in [-0.15, -0.1) is 0 Å². The van der Waals surface area contributed by atoms with Gasteiger partial charge in [-0.2, -0.15) is 0 Å². The van der Waals surface area contributed by atoms with E-state index in [0.29, 0.717) is 69.5 Å². The monoisotopic (exact) mass is 2040 g/mol. The van der Waals surface area contributed by atoms with Crippen LogP contribution in [0.3, 0.4) is 0 Å². The van der Waals surface area contributed by atoms with Crippen LogP contribution in [-0.4, -0.2) is 155 Å². The third kappa shape index (κ3) is 20.7. The average molecular weight is 2040 g/mol. The molecule has 36 heteroatoms. The topological polar surface area (TPSA) is 364 Å². The summed E-state index contributed by atoms with van der Waals surface area (Å²) in [6.07, 6.45) is 13.8. The van der Waals surface area contributed by atoms with E-state index in [0.717, 1.165) is 211 Å². The Balaban J connectivity index is 0.000000131. The lowest BCUT2D eigenvalue weighted by Crippen LogP contribution is -2.24. The first kappa shape index (κ1) is 83.6. The van der Waals surface area contributed by atoms with Crippen molar-refractivity contribution in [2.24, 2.45) is 0 Å². The molecule has 4 aliphatic heterocycles. The van der Waals surface area contributed by atoms with Gasteiger partial charge in [0.2, 0.25) is 0 Å². The van der Waals surface area contributed by atoms with E-state index in [2.05, 4.69) is 274 Å². The number of anilines is 4.